The molecule has 0 unspecified atom stereocenters. The number of aromatic nitrogens is 2. The number of hydrogen-bond acceptors (Lipinski definition) is 3. The first-order chi connectivity index (χ1) is 8.69. The zero-order valence-corrected chi connectivity index (χ0v) is 11.2. The highest BCUT2D eigenvalue weighted by atomic mass is 15.4. The van der Waals surface area contributed by atoms with E-state index >= 15 is 0 Å². The Morgan fingerprint density at radius 3 is 2.44 bits per heavy atom. The molecule has 1 aromatic carbocycles. The molecule has 0 saturated heterocycles. The molecule has 0 aliphatic rings. The second kappa shape index (κ2) is 5.12. The zero-order chi connectivity index (χ0) is 13.1. The van der Waals surface area contributed by atoms with Crippen LogP contribution in [-0.2, 0) is 6.54 Å². The molecule has 2 rings (SSSR count). The average Bonchev–Trinajstić information content (AvgIpc) is 2.69. The van der Waals surface area contributed by atoms with Crippen molar-refractivity contribution in [2.24, 2.45) is 0 Å². The highest BCUT2D eigenvalue weighted by molar-refractivity contribution is 5.73. The fourth-order valence-corrected chi connectivity index (χ4v) is 2.15. The molecule has 1 heterocycles. The largest absolute Gasteiger partial charge is 0.394 e. The lowest BCUT2D eigenvalue weighted by Gasteiger charge is -2.24. The first-order valence-corrected chi connectivity index (χ1v) is 6.34. The molecule has 0 bridgehead atoms. The molecule has 0 fully saturated rings. The lowest BCUT2D eigenvalue weighted by molar-refractivity contribution is 0.648. The number of anilines is 3. The molecule has 0 amide bonds. The molecular formula is C14H20N4. The Hall–Kier alpha value is -1.97. The Bertz CT molecular complexity index is 516. The van der Waals surface area contributed by atoms with Crippen molar-refractivity contribution in [3.63, 3.8) is 0 Å². The number of para-hydroxylation sites is 1. The van der Waals surface area contributed by atoms with Gasteiger partial charge in [-0.05, 0) is 32.9 Å². The number of hydrogen-bond donors (Lipinski definition) is 1. The van der Waals surface area contributed by atoms with Gasteiger partial charge in [-0.1, -0.05) is 18.2 Å². The van der Waals surface area contributed by atoms with Crippen LogP contribution in [0.5, 0.6) is 0 Å². The zero-order valence-electron chi connectivity index (χ0n) is 11.2. The van der Waals surface area contributed by atoms with Crippen LogP contribution in [0.1, 0.15) is 19.5 Å². The van der Waals surface area contributed by atoms with Gasteiger partial charge in [0.15, 0.2) is 5.82 Å². The minimum absolute atomic E-state index is 0.766. The van der Waals surface area contributed by atoms with Crippen molar-refractivity contribution in [3.05, 3.63) is 36.0 Å². The van der Waals surface area contributed by atoms with Gasteiger partial charge in [-0.15, -0.1) is 0 Å². The van der Waals surface area contributed by atoms with Crippen LogP contribution in [0.25, 0.3) is 0 Å². The third-order valence-electron chi connectivity index (χ3n) is 3.09. The lowest BCUT2D eigenvalue weighted by Crippen LogP contribution is -2.21. The first kappa shape index (κ1) is 12.5. The summed E-state index contributed by atoms with van der Waals surface area (Å²) >= 11 is 0. The van der Waals surface area contributed by atoms with Gasteiger partial charge in [0.05, 0.1) is 11.4 Å². The van der Waals surface area contributed by atoms with Crippen LogP contribution in [0.2, 0.25) is 0 Å². The quantitative estimate of drug-likeness (QED) is 0.899. The Balaban J connectivity index is 2.51. The molecule has 2 N–H and O–H groups in total. The number of nitrogens with zero attached hydrogens (tertiary/aromatic N) is 3. The molecule has 4 heteroatoms. The predicted octanol–water partition coefficient (Wildman–Crippen LogP) is 2.95. The van der Waals surface area contributed by atoms with E-state index in [0.29, 0.717) is 0 Å². The molecule has 1 aromatic heterocycles. The Morgan fingerprint density at radius 1 is 1.22 bits per heavy atom. The van der Waals surface area contributed by atoms with E-state index < -0.39 is 0 Å². The second-order valence-electron chi connectivity index (χ2n) is 4.22. The number of benzene rings is 1. The normalized spacial score (nSPS) is 10.6. The van der Waals surface area contributed by atoms with E-state index in [1.165, 1.54) is 0 Å². The second-order valence-corrected chi connectivity index (χ2v) is 4.22. The Morgan fingerprint density at radius 2 is 1.89 bits per heavy atom. The van der Waals surface area contributed by atoms with Crippen LogP contribution in [0.15, 0.2) is 30.3 Å². The third kappa shape index (κ3) is 2.06. The molecule has 0 aliphatic carbocycles. The topological polar surface area (TPSA) is 47.1 Å². The molecule has 0 spiro atoms. The summed E-state index contributed by atoms with van der Waals surface area (Å²) in [7, 11) is 0. The van der Waals surface area contributed by atoms with Crippen LogP contribution in [0.3, 0.4) is 0 Å². The van der Waals surface area contributed by atoms with Crippen molar-refractivity contribution in [2.75, 3.05) is 17.2 Å². The SMILES string of the molecule is CCN(c1ccccc1)c1c(N)c(C)nn1CC. The smallest absolute Gasteiger partial charge is 0.155 e. The van der Waals surface area contributed by atoms with Crippen LogP contribution in [-0.4, -0.2) is 16.3 Å². The van der Waals surface area contributed by atoms with Gasteiger partial charge in [0, 0.05) is 18.8 Å². The van der Waals surface area contributed by atoms with Crippen molar-refractivity contribution < 1.29 is 0 Å². The van der Waals surface area contributed by atoms with Gasteiger partial charge >= 0.3 is 0 Å². The minimum atomic E-state index is 0.766. The summed E-state index contributed by atoms with van der Waals surface area (Å²) in [5.41, 5.74) is 8.96. The lowest BCUT2D eigenvalue weighted by atomic mass is 10.2. The van der Waals surface area contributed by atoms with Crippen molar-refractivity contribution in [1.29, 1.82) is 0 Å². The summed E-state index contributed by atoms with van der Waals surface area (Å²) in [6.45, 7) is 7.82. The molecule has 0 atom stereocenters. The highest BCUT2D eigenvalue weighted by Gasteiger charge is 2.18. The van der Waals surface area contributed by atoms with Crippen LogP contribution in [0, 0.1) is 6.92 Å². The fourth-order valence-electron chi connectivity index (χ4n) is 2.15. The first-order valence-electron chi connectivity index (χ1n) is 6.34. The molecule has 0 saturated carbocycles. The summed E-state index contributed by atoms with van der Waals surface area (Å²) in [4.78, 5) is 2.19. The summed E-state index contributed by atoms with van der Waals surface area (Å²) in [6.07, 6.45) is 0. The van der Waals surface area contributed by atoms with Crippen molar-refractivity contribution >= 4 is 17.2 Å². The molecule has 0 aliphatic heterocycles. The van der Waals surface area contributed by atoms with Gasteiger partial charge in [0.25, 0.3) is 0 Å². The Labute approximate surface area is 108 Å². The third-order valence-corrected chi connectivity index (χ3v) is 3.09. The van der Waals surface area contributed by atoms with Crippen molar-refractivity contribution in [3.8, 4) is 0 Å². The van der Waals surface area contributed by atoms with E-state index in [1.54, 1.807) is 0 Å². The molecule has 0 radical (unpaired) electrons. The number of rotatable bonds is 4. The highest BCUT2D eigenvalue weighted by Crippen LogP contribution is 2.32. The average molecular weight is 244 g/mol. The number of aryl methyl sites for hydroxylation is 2. The van der Waals surface area contributed by atoms with E-state index in [4.69, 9.17) is 5.73 Å². The van der Waals surface area contributed by atoms with Crippen molar-refractivity contribution in [2.45, 2.75) is 27.3 Å². The van der Waals surface area contributed by atoms with Gasteiger partial charge in [-0.3, -0.25) is 0 Å². The summed E-state index contributed by atoms with van der Waals surface area (Å²) < 4.78 is 1.96. The maximum atomic E-state index is 6.17. The van der Waals surface area contributed by atoms with Gasteiger partial charge in [-0.2, -0.15) is 5.10 Å². The molecule has 96 valence electrons. The standard InChI is InChI=1S/C14H20N4/c1-4-17(12-9-7-6-8-10-12)14-13(15)11(3)16-18(14)5-2/h6-10H,4-5,15H2,1-3H3. The van der Waals surface area contributed by atoms with Gasteiger partial charge in [0.2, 0.25) is 0 Å². The predicted molar refractivity (Wildman–Crippen MR) is 76.2 cm³/mol. The van der Waals surface area contributed by atoms with Crippen LogP contribution in [0.4, 0.5) is 17.2 Å². The summed E-state index contributed by atoms with van der Waals surface area (Å²) in [6, 6.07) is 10.3. The van der Waals surface area contributed by atoms with Crippen LogP contribution < -0.4 is 10.6 Å². The molecule has 4 nitrogen and oxygen atoms in total. The van der Waals surface area contributed by atoms with E-state index in [9.17, 15) is 0 Å². The van der Waals surface area contributed by atoms with E-state index in [0.717, 1.165) is 36.0 Å². The van der Waals surface area contributed by atoms with E-state index in [-0.39, 0.29) is 0 Å². The van der Waals surface area contributed by atoms with Crippen LogP contribution >= 0.6 is 0 Å². The summed E-state index contributed by atoms with van der Waals surface area (Å²) in [5.74, 6) is 0.990. The van der Waals surface area contributed by atoms with Gasteiger partial charge in [0.1, 0.15) is 0 Å². The van der Waals surface area contributed by atoms with Gasteiger partial charge < -0.3 is 10.6 Å². The maximum Gasteiger partial charge on any atom is 0.155 e. The van der Waals surface area contributed by atoms with E-state index in [2.05, 4.69) is 36.0 Å². The maximum absolute atomic E-state index is 6.17. The molecule has 18 heavy (non-hydrogen) atoms. The van der Waals surface area contributed by atoms with Crippen molar-refractivity contribution in [1.82, 2.24) is 9.78 Å². The molecule has 2 aromatic rings. The van der Waals surface area contributed by atoms with Gasteiger partial charge in [-0.25, -0.2) is 4.68 Å². The number of nitrogens with two attached hydrogens (primary N) is 1. The summed E-state index contributed by atoms with van der Waals surface area (Å²) in [5, 5.41) is 4.47. The fraction of sp³-hybridized carbons (Fsp3) is 0.357. The van der Waals surface area contributed by atoms with E-state index in [1.807, 2.05) is 29.8 Å². The monoisotopic (exact) mass is 244 g/mol. The minimum Gasteiger partial charge on any atom is -0.394 e. The molecular weight excluding hydrogens is 224 g/mol. The number of nitrogen functional groups attached to an aromatic ring is 1. The Kier molecular flexibility index (Phi) is 3.55.